The summed E-state index contributed by atoms with van der Waals surface area (Å²) in [4.78, 5) is 9.01. The highest BCUT2D eigenvalue weighted by Crippen LogP contribution is 2.29. The number of alkyl halides is 3. The fourth-order valence-electron chi connectivity index (χ4n) is 1.78. The van der Waals surface area contributed by atoms with E-state index >= 15 is 0 Å². The van der Waals surface area contributed by atoms with Crippen LogP contribution < -0.4 is 10.2 Å². The summed E-state index contributed by atoms with van der Waals surface area (Å²) in [6.07, 6.45) is -2.64. The highest BCUT2D eigenvalue weighted by atomic mass is 19.4. The van der Waals surface area contributed by atoms with Crippen molar-refractivity contribution in [2.45, 2.75) is 39.8 Å². The van der Waals surface area contributed by atoms with Crippen LogP contribution in [0.2, 0.25) is 0 Å². The van der Waals surface area contributed by atoms with Crippen LogP contribution in [0.15, 0.2) is 6.07 Å². The number of rotatable bonds is 7. The summed E-state index contributed by atoms with van der Waals surface area (Å²) in [7, 11) is 0. The second-order valence-electron chi connectivity index (χ2n) is 4.40. The van der Waals surface area contributed by atoms with Crippen molar-refractivity contribution in [3.8, 4) is 0 Å². The maximum Gasteiger partial charge on any atom is 0.451 e. The molecule has 0 radical (unpaired) electrons. The van der Waals surface area contributed by atoms with E-state index in [0.717, 1.165) is 12.8 Å². The first-order chi connectivity index (χ1) is 9.42. The van der Waals surface area contributed by atoms with Gasteiger partial charge in [0, 0.05) is 25.7 Å². The van der Waals surface area contributed by atoms with Gasteiger partial charge in [-0.1, -0.05) is 13.3 Å². The van der Waals surface area contributed by atoms with E-state index in [1.165, 1.54) is 0 Å². The zero-order valence-electron chi connectivity index (χ0n) is 12.1. The van der Waals surface area contributed by atoms with E-state index in [-0.39, 0.29) is 5.82 Å². The molecule has 0 saturated heterocycles. The molecule has 7 heteroatoms. The lowest BCUT2D eigenvalue weighted by Gasteiger charge is -2.23. The zero-order valence-corrected chi connectivity index (χ0v) is 12.1. The highest BCUT2D eigenvalue weighted by molar-refractivity contribution is 5.49. The van der Waals surface area contributed by atoms with Gasteiger partial charge in [-0.15, -0.1) is 0 Å². The Morgan fingerprint density at radius 3 is 2.40 bits per heavy atom. The fourth-order valence-corrected chi connectivity index (χ4v) is 1.78. The van der Waals surface area contributed by atoms with Crippen molar-refractivity contribution in [1.29, 1.82) is 0 Å². The fraction of sp³-hybridized carbons (Fsp3) is 0.692. The third kappa shape index (κ3) is 4.54. The number of nitrogens with one attached hydrogen (secondary N) is 1. The molecule has 0 unspecified atom stereocenters. The van der Waals surface area contributed by atoms with E-state index in [0.29, 0.717) is 25.5 Å². The lowest BCUT2D eigenvalue weighted by atomic mass is 10.3. The first-order valence-corrected chi connectivity index (χ1v) is 6.87. The van der Waals surface area contributed by atoms with Gasteiger partial charge in [-0.25, -0.2) is 9.97 Å². The minimum absolute atomic E-state index is 0.208. The van der Waals surface area contributed by atoms with Crippen molar-refractivity contribution >= 4 is 11.6 Å². The maximum atomic E-state index is 12.8. The van der Waals surface area contributed by atoms with Gasteiger partial charge < -0.3 is 10.2 Å². The van der Waals surface area contributed by atoms with Crippen LogP contribution in [0.25, 0.3) is 0 Å². The number of anilines is 2. The highest BCUT2D eigenvalue weighted by Gasteiger charge is 2.35. The smallest absolute Gasteiger partial charge is 0.370 e. The van der Waals surface area contributed by atoms with Gasteiger partial charge in [0.1, 0.15) is 11.6 Å². The quantitative estimate of drug-likeness (QED) is 0.833. The van der Waals surface area contributed by atoms with E-state index in [2.05, 4.69) is 15.3 Å². The predicted octanol–water partition coefficient (Wildman–Crippen LogP) is 3.55. The Morgan fingerprint density at radius 1 is 1.20 bits per heavy atom. The third-order valence-corrected chi connectivity index (χ3v) is 2.81. The normalized spacial score (nSPS) is 11.5. The topological polar surface area (TPSA) is 41.0 Å². The molecule has 1 rings (SSSR count). The lowest BCUT2D eigenvalue weighted by molar-refractivity contribution is -0.144. The van der Waals surface area contributed by atoms with Crippen molar-refractivity contribution < 1.29 is 13.2 Å². The molecule has 0 spiro atoms. The Hall–Kier alpha value is -1.53. The summed E-state index contributed by atoms with van der Waals surface area (Å²) < 4.78 is 38.5. The maximum absolute atomic E-state index is 12.8. The first kappa shape index (κ1) is 16.5. The SMILES string of the molecule is CCCCN(CC)c1cc(NCC)nc(C(F)(F)F)n1. The zero-order chi connectivity index (χ0) is 15.2. The molecule has 1 aromatic rings. The number of nitrogens with zero attached hydrogens (tertiary/aromatic N) is 3. The summed E-state index contributed by atoms with van der Waals surface area (Å²) in [6.45, 7) is 7.56. The Labute approximate surface area is 117 Å². The molecule has 114 valence electrons. The van der Waals surface area contributed by atoms with Crippen LogP contribution in [0.3, 0.4) is 0 Å². The summed E-state index contributed by atoms with van der Waals surface area (Å²) >= 11 is 0. The van der Waals surface area contributed by atoms with E-state index in [1.54, 1.807) is 6.07 Å². The van der Waals surface area contributed by atoms with Crippen LogP contribution in [-0.4, -0.2) is 29.6 Å². The molecule has 0 aromatic carbocycles. The molecule has 0 amide bonds. The van der Waals surface area contributed by atoms with Gasteiger partial charge in [-0.3, -0.25) is 0 Å². The second kappa shape index (κ2) is 7.31. The molecular formula is C13H21F3N4. The van der Waals surface area contributed by atoms with Crippen molar-refractivity contribution in [3.63, 3.8) is 0 Å². The molecule has 0 aliphatic rings. The summed E-state index contributed by atoms with van der Waals surface area (Å²) in [5.74, 6) is -0.570. The number of hydrogen-bond donors (Lipinski definition) is 1. The number of hydrogen-bond acceptors (Lipinski definition) is 4. The molecule has 0 saturated carbocycles. The molecule has 4 nitrogen and oxygen atoms in total. The summed E-state index contributed by atoms with van der Waals surface area (Å²) in [5, 5.41) is 2.82. The molecule has 0 aliphatic heterocycles. The van der Waals surface area contributed by atoms with Crippen LogP contribution >= 0.6 is 0 Å². The van der Waals surface area contributed by atoms with Crippen molar-refractivity contribution in [3.05, 3.63) is 11.9 Å². The van der Waals surface area contributed by atoms with Crippen LogP contribution in [0, 0.1) is 0 Å². The van der Waals surface area contributed by atoms with E-state index in [1.807, 2.05) is 25.7 Å². The standard InChI is InChI=1S/C13H21F3N4/c1-4-7-8-20(6-3)11-9-10(17-5-2)18-12(19-11)13(14,15)16/h9H,4-8H2,1-3H3,(H,17,18,19). The summed E-state index contributed by atoms with van der Waals surface area (Å²) in [5.41, 5.74) is 0. The molecule has 1 aromatic heterocycles. The van der Waals surface area contributed by atoms with E-state index in [9.17, 15) is 13.2 Å². The average molecular weight is 290 g/mol. The first-order valence-electron chi connectivity index (χ1n) is 6.87. The minimum atomic E-state index is -4.54. The van der Waals surface area contributed by atoms with Crippen molar-refractivity contribution in [2.75, 3.05) is 29.9 Å². The molecule has 1 N–H and O–H groups in total. The largest absolute Gasteiger partial charge is 0.451 e. The van der Waals surface area contributed by atoms with Gasteiger partial charge in [0.05, 0.1) is 0 Å². The molecule has 20 heavy (non-hydrogen) atoms. The average Bonchev–Trinajstić information content (AvgIpc) is 2.39. The van der Waals surface area contributed by atoms with Gasteiger partial charge in [-0.05, 0) is 20.3 Å². The Balaban J connectivity index is 3.12. The third-order valence-electron chi connectivity index (χ3n) is 2.81. The summed E-state index contributed by atoms with van der Waals surface area (Å²) in [6, 6.07) is 1.57. The molecule has 0 bridgehead atoms. The van der Waals surface area contributed by atoms with Crippen LogP contribution in [0.4, 0.5) is 24.8 Å². The molecule has 0 atom stereocenters. The molecule has 0 fully saturated rings. The van der Waals surface area contributed by atoms with E-state index < -0.39 is 12.0 Å². The van der Waals surface area contributed by atoms with Crippen LogP contribution in [0.1, 0.15) is 39.4 Å². The van der Waals surface area contributed by atoms with E-state index in [4.69, 9.17) is 0 Å². The van der Waals surface area contributed by atoms with Crippen molar-refractivity contribution in [2.24, 2.45) is 0 Å². The molecule has 1 heterocycles. The van der Waals surface area contributed by atoms with Gasteiger partial charge in [0.2, 0.25) is 5.82 Å². The number of unbranched alkanes of at least 4 members (excludes halogenated alkanes) is 1. The Kier molecular flexibility index (Phi) is 6.04. The lowest BCUT2D eigenvalue weighted by Crippen LogP contribution is -2.26. The van der Waals surface area contributed by atoms with Crippen molar-refractivity contribution in [1.82, 2.24) is 9.97 Å². The van der Waals surface area contributed by atoms with Gasteiger partial charge in [0.15, 0.2) is 0 Å². The van der Waals surface area contributed by atoms with Crippen LogP contribution in [0.5, 0.6) is 0 Å². The van der Waals surface area contributed by atoms with Gasteiger partial charge in [0.25, 0.3) is 0 Å². The van der Waals surface area contributed by atoms with Crippen LogP contribution in [-0.2, 0) is 6.18 Å². The second-order valence-corrected chi connectivity index (χ2v) is 4.40. The molecular weight excluding hydrogens is 269 g/mol. The van der Waals surface area contributed by atoms with Gasteiger partial charge >= 0.3 is 6.18 Å². The number of aromatic nitrogens is 2. The molecule has 0 aliphatic carbocycles. The Bertz CT molecular complexity index is 421. The van der Waals surface area contributed by atoms with Gasteiger partial charge in [-0.2, -0.15) is 13.2 Å². The monoisotopic (exact) mass is 290 g/mol. The minimum Gasteiger partial charge on any atom is -0.370 e. The predicted molar refractivity (Wildman–Crippen MR) is 74.0 cm³/mol. The Morgan fingerprint density at radius 2 is 1.90 bits per heavy atom. The number of halogens is 3.